The highest BCUT2D eigenvalue weighted by Crippen LogP contribution is 2.33. The number of hydrogen-bond donors (Lipinski definition) is 1. The Kier molecular flexibility index (Phi) is 4.52. The van der Waals surface area contributed by atoms with Gasteiger partial charge in [-0.05, 0) is 28.1 Å². The lowest BCUT2D eigenvalue weighted by Gasteiger charge is -2.19. The zero-order chi connectivity index (χ0) is 15.6. The number of fused-ring (bicyclic) bond motifs is 1. The van der Waals surface area contributed by atoms with E-state index < -0.39 is 25.2 Å². The van der Waals surface area contributed by atoms with Crippen LogP contribution in [0.25, 0.3) is 0 Å². The molecule has 0 unspecified atom stereocenters. The quantitative estimate of drug-likeness (QED) is 0.830. The highest BCUT2D eigenvalue weighted by Gasteiger charge is 2.28. The summed E-state index contributed by atoms with van der Waals surface area (Å²) >= 11 is 3.12. The number of ketones is 1. The van der Waals surface area contributed by atoms with Gasteiger partial charge in [0.15, 0.2) is 12.4 Å². The van der Waals surface area contributed by atoms with Crippen molar-refractivity contribution >= 4 is 33.3 Å². The van der Waals surface area contributed by atoms with E-state index in [4.69, 9.17) is 4.74 Å². The average Bonchev–Trinajstić information content (AvgIpc) is 2.36. The fraction of sp³-hybridized carbons (Fsp3) is 0.333. The molecule has 1 aliphatic rings. The van der Waals surface area contributed by atoms with E-state index in [0.717, 1.165) is 0 Å². The Morgan fingerprint density at radius 3 is 2.81 bits per heavy atom. The van der Waals surface area contributed by atoms with Gasteiger partial charge in [-0.1, -0.05) is 0 Å². The summed E-state index contributed by atoms with van der Waals surface area (Å²) in [5.41, 5.74) is 0.498. The molecule has 0 fully saturated rings. The zero-order valence-electron chi connectivity index (χ0n) is 10.4. The van der Waals surface area contributed by atoms with E-state index >= 15 is 0 Å². The molecule has 9 heteroatoms. The van der Waals surface area contributed by atoms with Crippen molar-refractivity contribution in [2.45, 2.75) is 6.18 Å². The van der Waals surface area contributed by atoms with E-state index in [2.05, 4.69) is 26.0 Å². The number of hydrogen-bond acceptors (Lipinski definition) is 4. The van der Waals surface area contributed by atoms with E-state index in [0.29, 0.717) is 10.2 Å². The van der Waals surface area contributed by atoms with Gasteiger partial charge < -0.3 is 14.8 Å². The molecule has 0 saturated carbocycles. The summed E-state index contributed by atoms with van der Waals surface area (Å²) in [6.45, 7) is -2.38. The molecule has 1 aromatic carbocycles. The second-order valence-electron chi connectivity index (χ2n) is 4.20. The molecule has 0 atom stereocenters. The number of benzene rings is 1. The van der Waals surface area contributed by atoms with Gasteiger partial charge >= 0.3 is 6.18 Å². The zero-order valence-corrected chi connectivity index (χ0v) is 12.0. The van der Waals surface area contributed by atoms with Crippen molar-refractivity contribution in [3.8, 4) is 5.75 Å². The first-order valence-electron chi connectivity index (χ1n) is 5.70. The van der Waals surface area contributed by atoms with Crippen molar-refractivity contribution in [2.24, 2.45) is 0 Å². The molecule has 0 aromatic heterocycles. The Labute approximate surface area is 125 Å². The molecule has 21 heavy (non-hydrogen) atoms. The number of carbonyl (C=O) groups excluding carboxylic acids is 2. The number of rotatable bonds is 4. The third kappa shape index (κ3) is 4.18. The molecule has 0 saturated heterocycles. The second-order valence-corrected chi connectivity index (χ2v) is 5.05. The molecular formula is C12H9BrF3NO4. The molecule has 0 spiro atoms. The lowest BCUT2D eigenvalue weighted by Crippen LogP contribution is -2.26. The first-order chi connectivity index (χ1) is 9.76. The number of carbonyl (C=O) groups is 2. The minimum atomic E-state index is -4.49. The fourth-order valence-electron chi connectivity index (χ4n) is 1.65. The molecule has 2 rings (SSSR count). The third-order valence-corrected chi connectivity index (χ3v) is 3.16. The Morgan fingerprint density at radius 1 is 1.43 bits per heavy atom. The van der Waals surface area contributed by atoms with Crippen LogP contribution < -0.4 is 10.1 Å². The van der Waals surface area contributed by atoms with Crippen LogP contribution in [0.1, 0.15) is 10.4 Å². The molecule has 1 N–H and O–H groups in total. The number of alkyl halides is 3. The molecule has 0 radical (unpaired) electrons. The van der Waals surface area contributed by atoms with Crippen molar-refractivity contribution < 1.29 is 32.2 Å². The Hall–Kier alpha value is -1.61. The highest BCUT2D eigenvalue weighted by molar-refractivity contribution is 9.10. The SMILES string of the molecule is O=C1COc2cc(C(=O)COCC(F)(F)F)c(Br)cc2N1. The smallest absolute Gasteiger partial charge is 0.411 e. The summed E-state index contributed by atoms with van der Waals surface area (Å²) in [6.07, 6.45) is -4.49. The normalized spacial score (nSPS) is 14.2. The van der Waals surface area contributed by atoms with Crippen molar-refractivity contribution in [3.63, 3.8) is 0 Å². The van der Waals surface area contributed by atoms with Crippen LogP contribution in [-0.4, -0.2) is 37.7 Å². The van der Waals surface area contributed by atoms with Gasteiger partial charge in [0.25, 0.3) is 5.91 Å². The van der Waals surface area contributed by atoms with E-state index in [1.54, 1.807) is 0 Å². The van der Waals surface area contributed by atoms with Gasteiger partial charge in [0.2, 0.25) is 0 Å². The Bertz CT molecular complexity index is 589. The van der Waals surface area contributed by atoms with Gasteiger partial charge in [0, 0.05) is 10.0 Å². The van der Waals surface area contributed by atoms with Crippen LogP contribution >= 0.6 is 15.9 Å². The van der Waals surface area contributed by atoms with Gasteiger partial charge in [0.05, 0.1) is 5.69 Å². The maximum absolute atomic E-state index is 11.9. The predicted molar refractivity (Wildman–Crippen MR) is 69.5 cm³/mol. The molecule has 0 bridgehead atoms. The summed E-state index contributed by atoms with van der Waals surface area (Å²) in [4.78, 5) is 23.0. The summed E-state index contributed by atoms with van der Waals surface area (Å²) in [6, 6.07) is 2.79. The molecule has 1 heterocycles. The molecular weight excluding hydrogens is 359 g/mol. The first-order valence-corrected chi connectivity index (χ1v) is 6.49. The van der Waals surface area contributed by atoms with Crippen molar-refractivity contribution in [2.75, 3.05) is 25.1 Å². The number of amides is 1. The summed E-state index contributed by atoms with van der Waals surface area (Å²) in [5, 5.41) is 2.54. The average molecular weight is 368 g/mol. The van der Waals surface area contributed by atoms with Crippen molar-refractivity contribution in [3.05, 3.63) is 22.2 Å². The number of ether oxygens (including phenoxy) is 2. The molecule has 1 aromatic rings. The number of halogens is 4. The molecule has 0 aliphatic carbocycles. The number of anilines is 1. The largest absolute Gasteiger partial charge is 0.482 e. The minimum absolute atomic E-state index is 0.118. The maximum Gasteiger partial charge on any atom is 0.411 e. The van der Waals surface area contributed by atoms with Gasteiger partial charge in [-0.15, -0.1) is 0 Å². The van der Waals surface area contributed by atoms with E-state index in [9.17, 15) is 22.8 Å². The lowest BCUT2D eigenvalue weighted by atomic mass is 10.1. The fourth-order valence-corrected chi connectivity index (χ4v) is 2.22. The van der Waals surface area contributed by atoms with Crippen LogP contribution in [0, 0.1) is 0 Å². The van der Waals surface area contributed by atoms with Gasteiger partial charge in [-0.25, -0.2) is 0 Å². The van der Waals surface area contributed by atoms with Gasteiger partial charge in [-0.2, -0.15) is 13.2 Å². The number of nitrogens with one attached hydrogen (secondary N) is 1. The Balaban J connectivity index is 2.09. The standard InChI is InChI=1S/C12H9BrF3NO4/c13-7-2-8-10(21-4-11(19)17-8)1-6(7)9(18)3-20-5-12(14,15)16/h1-2H,3-5H2,(H,17,19). The summed E-state index contributed by atoms with van der Waals surface area (Å²) in [5.74, 6) is -0.687. The van der Waals surface area contributed by atoms with Crippen molar-refractivity contribution in [1.29, 1.82) is 0 Å². The van der Waals surface area contributed by atoms with E-state index in [1.165, 1.54) is 12.1 Å². The first kappa shape index (κ1) is 15.8. The Morgan fingerprint density at radius 2 is 2.14 bits per heavy atom. The summed E-state index contributed by atoms with van der Waals surface area (Å²) in [7, 11) is 0. The molecule has 1 amide bonds. The second kappa shape index (κ2) is 6.02. The highest BCUT2D eigenvalue weighted by atomic mass is 79.9. The van der Waals surface area contributed by atoms with E-state index in [1.807, 2.05) is 0 Å². The number of Topliss-reactive ketones (excluding diaryl/α,β-unsaturated/α-hetero) is 1. The van der Waals surface area contributed by atoms with Crippen LogP contribution in [0.4, 0.5) is 18.9 Å². The third-order valence-electron chi connectivity index (χ3n) is 2.50. The van der Waals surface area contributed by atoms with Crippen LogP contribution in [0.15, 0.2) is 16.6 Å². The molecule has 1 aliphatic heterocycles. The minimum Gasteiger partial charge on any atom is -0.482 e. The molecule has 114 valence electrons. The predicted octanol–water partition coefficient (Wildman–Crippen LogP) is 2.54. The maximum atomic E-state index is 11.9. The molecule has 5 nitrogen and oxygen atoms in total. The monoisotopic (exact) mass is 367 g/mol. The van der Waals surface area contributed by atoms with Crippen LogP contribution in [-0.2, 0) is 9.53 Å². The summed E-state index contributed by atoms with van der Waals surface area (Å²) < 4.78 is 45.6. The van der Waals surface area contributed by atoms with E-state index in [-0.39, 0.29) is 23.8 Å². The van der Waals surface area contributed by atoms with Crippen LogP contribution in [0.3, 0.4) is 0 Å². The van der Waals surface area contributed by atoms with Gasteiger partial charge in [0.1, 0.15) is 19.0 Å². The van der Waals surface area contributed by atoms with Crippen LogP contribution in [0.5, 0.6) is 5.75 Å². The topological polar surface area (TPSA) is 64.6 Å². The van der Waals surface area contributed by atoms with Crippen molar-refractivity contribution in [1.82, 2.24) is 0 Å². The lowest BCUT2D eigenvalue weighted by molar-refractivity contribution is -0.170. The van der Waals surface area contributed by atoms with Gasteiger partial charge in [-0.3, -0.25) is 9.59 Å². The van der Waals surface area contributed by atoms with Crippen LogP contribution in [0.2, 0.25) is 0 Å².